The van der Waals surface area contributed by atoms with Gasteiger partial charge in [-0.3, -0.25) is 4.79 Å². The van der Waals surface area contributed by atoms with Crippen LogP contribution >= 0.6 is 0 Å². The SMILES string of the molecule is O=C(CCc1ccc(S(=O)(=O)NCc2ccccc2)cc1)Nc1ccc(F)c(F)c1F. The minimum Gasteiger partial charge on any atom is -0.323 e. The zero-order valence-electron chi connectivity index (χ0n) is 16.2. The number of aryl methyl sites for hydroxylation is 1. The van der Waals surface area contributed by atoms with E-state index in [9.17, 15) is 26.4 Å². The van der Waals surface area contributed by atoms with Crippen molar-refractivity contribution in [1.29, 1.82) is 0 Å². The van der Waals surface area contributed by atoms with E-state index >= 15 is 0 Å². The van der Waals surface area contributed by atoms with Crippen LogP contribution in [0.25, 0.3) is 0 Å². The number of anilines is 1. The Balaban J connectivity index is 1.55. The molecule has 0 aromatic heterocycles. The van der Waals surface area contributed by atoms with Crippen molar-refractivity contribution in [2.45, 2.75) is 24.3 Å². The number of rotatable bonds is 8. The predicted molar refractivity (Wildman–Crippen MR) is 110 cm³/mol. The van der Waals surface area contributed by atoms with E-state index in [1.807, 2.05) is 30.3 Å². The fourth-order valence-electron chi connectivity index (χ4n) is 2.79. The number of benzene rings is 3. The molecule has 0 fully saturated rings. The van der Waals surface area contributed by atoms with Gasteiger partial charge in [0, 0.05) is 13.0 Å². The van der Waals surface area contributed by atoms with Crippen LogP contribution in [0.1, 0.15) is 17.5 Å². The molecule has 0 unspecified atom stereocenters. The summed E-state index contributed by atoms with van der Waals surface area (Å²) in [5.41, 5.74) is 1.06. The molecule has 9 heteroatoms. The fourth-order valence-corrected chi connectivity index (χ4v) is 3.80. The number of hydrogen-bond donors (Lipinski definition) is 2. The summed E-state index contributed by atoms with van der Waals surface area (Å²) in [5.74, 6) is -5.06. The summed E-state index contributed by atoms with van der Waals surface area (Å²) in [7, 11) is -3.70. The highest BCUT2D eigenvalue weighted by atomic mass is 32.2. The number of sulfonamides is 1. The van der Waals surface area contributed by atoms with Crippen molar-refractivity contribution in [2.24, 2.45) is 0 Å². The normalized spacial score (nSPS) is 11.3. The molecule has 2 N–H and O–H groups in total. The van der Waals surface area contributed by atoms with Gasteiger partial charge in [0.25, 0.3) is 0 Å². The topological polar surface area (TPSA) is 75.3 Å². The maximum Gasteiger partial charge on any atom is 0.240 e. The van der Waals surface area contributed by atoms with E-state index in [2.05, 4.69) is 10.0 Å². The van der Waals surface area contributed by atoms with Crippen LogP contribution in [-0.2, 0) is 27.8 Å². The Morgan fingerprint density at radius 2 is 1.48 bits per heavy atom. The van der Waals surface area contributed by atoms with E-state index in [4.69, 9.17) is 0 Å². The molecule has 3 aromatic carbocycles. The Hall–Kier alpha value is -3.17. The number of carbonyl (C=O) groups excluding carboxylic acids is 1. The van der Waals surface area contributed by atoms with E-state index < -0.39 is 39.1 Å². The predicted octanol–water partition coefficient (Wildman–Crippen LogP) is 4.15. The largest absolute Gasteiger partial charge is 0.323 e. The van der Waals surface area contributed by atoms with Gasteiger partial charge >= 0.3 is 0 Å². The summed E-state index contributed by atoms with van der Waals surface area (Å²) in [4.78, 5) is 12.1. The molecule has 0 radical (unpaired) electrons. The second-order valence-corrected chi connectivity index (χ2v) is 8.49. The second kappa shape index (κ2) is 9.76. The summed E-state index contributed by atoms with van der Waals surface area (Å²) in [5, 5.41) is 2.19. The third-order valence-corrected chi connectivity index (χ3v) is 5.91. The van der Waals surface area contributed by atoms with Gasteiger partial charge < -0.3 is 5.32 Å². The first kappa shape index (κ1) is 22.5. The van der Waals surface area contributed by atoms with Crippen LogP contribution in [0.15, 0.2) is 71.6 Å². The molecule has 0 bridgehead atoms. The minimum absolute atomic E-state index is 0.0587. The summed E-state index contributed by atoms with van der Waals surface area (Å²) < 4.78 is 67.1. The van der Waals surface area contributed by atoms with Crippen LogP contribution in [0.4, 0.5) is 18.9 Å². The van der Waals surface area contributed by atoms with Gasteiger partial charge in [0.1, 0.15) is 0 Å². The first-order valence-corrected chi connectivity index (χ1v) is 10.8. The molecule has 0 heterocycles. The monoisotopic (exact) mass is 448 g/mol. The fraction of sp³-hybridized carbons (Fsp3) is 0.136. The van der Waals surface area contributed by atoms with E-state index in [-0.39, 0.29) is 24.3 Å². The minimum atomic E-state index is -3.70. The summed E-state index contributed by atoms with van der Waals surface area (Å²) in [6, 6.07) is 16.7. The van der Waals surface area contributed by atoms with Crippen molar-refractivity contribution in [1.82, 2.24) is 4.72 Å². The molecule has 1 amide bonds. The van der Waals surface area contributed by atoms with Crippen molar-refractivity contribution in [3.8, 4) is 0 Å². The standard InChI is InChI=1S/C22H19F3N2O3S/c23-18-11-12-19(22(25)21(18)24)27-20(28)13-8-15-6-9-17(10-7-15)31(29,30)26-14-16-4-2-1-3-5-16/h1-7,9-12,26H,8,13-14H2,(H,27,28). The molecular weight excluding hydrogens is 429 g/mol. The van der Waals surface area contributed by atoms with Gasteiger partial charge in [0.15, 0.2) is 17.5 Å². The average Bonchev–Trinajstić information content (AvgIpc) is 2.78. The van der Waals surface area contributed by atoms with Crippen molar-refractivity contribution < 1.29 is 26.4 Å². The summed E-state index contributed by atoms with van der Waals surface area (Å²) in [6.07, 6.45) is 0.186. The van der Waals surface area contributed by atoms with Gasteiger partial charge in [-0.05, 0) is 41.8 Å². The van der Waals surface area contributed by atoms with E-state index in [0.29, 0.717) is 5.56 Å². The second-order valence-electron chi connectivity index (χ2n) is 6.73. The Bertz CT molecular complexity index is 1170. The molecule has 0 aliphatic heterocycles. The maximum absolute atomic E-state index is 13.6. The molecule has 3 aromatic rings. The summed E-state index contributed by atoms with van der Waals surface area (Å²) >= 11 is 0. The van der Waals surface area contributed by atoms with E-state index in [0.717, 1.165) is 17.7 Å². The Kier molecular flexibility index (Phi) is 7.09. The number of halogens is 3. The summed E-state index contributed by atoms with van der Waals surface area (Å²) in [6.45, 7) is 0.158. The zero-order chi connectivity index (χ0) is 22.4. The molecule has 0 aliphatic carbocycles. The van der Waals surface area contributed by atoms with Gasteiger partial charge in [0.05, 0.1) is 10.6 Å². The Labute approximate surface area is 178 Å². The van der Waals surface area contributed by atoms with Gasteiger partial charge in [-0.25, -0.2) is 26.3 Å². The zero-order valence-corrected chi connectivity index (χ0v) is 17.1. The smallest absolute Gasteiger partial charge is 0.240 e. The molecule has 0 aliphatic rings. The van der Waals surface area contributed by atoms with Crippen molar-refractivity contribution in [3.63, 3.8) is 0 Å². The third kappa shape index (κ3) is 5.93. The molecular formula is C22H19F3N2O3S. The van der Waals surface area contributed by atoms with Gasteiger partial charge in [-0.1, -0.05) is 42.5 Å². The average molecular weight is 448 g/mol. The van der Waals surface area contributed by atoms with Crippen molar-refractivity contribution in [2.75, 3.05) is 5.32 Å². The molecule has 0 spiro atoms. The van der Waals surface area contributed by atoms with Crippen LogP contribution in [0.5, 0.6) is 0 Å². The number of carbonyl (C=O) groups is 1. The Morgan fingerprint density at radius 3 is 2.16 bits per heavy atom. The molecule has 0 saturated carbocycles. The number of amides is 1. The first-order chi connectivity index (χ1) is 14.8. The van der Waals surface area contributed by atoms with E-state index in [1.54, 1.807) is 12.1 Å². The highest BCUT2D eigenvalue weighted by molar-refractivity contribution is 7.89. The van der Waals surface area contributed by atoms with E-state index in [1.165, 1.54) is 12.1 Å². The quantitative estimate of drug-likeness (QED) is 0.509. The molecule has 5 nitrogen and oxygen atoms in total. The molecule has 3 rings (SSSR count). The number of nitrogens with one attached hydrogen (secondary N) is 2. The maximum atomic E-state index is 13.6. The van der Waals surface area contributed by atoms with Crippen LogP contribution < -0.4 is 10.0 Å². The Morgan fingerprint density at radius 1 is 0.806 bits per heavy atom. The molecule has 162 valence electrons. The van der Waals surface area contributed by atoms with Gasteiger partial charge in [-0.2, -0.15) is 0 Å². The van der Waals surface area contributed by atoms with Gasteiger partial charge in [-0.15, -0.1) is 0 Å². The van der Waals surface area contributed by atoms with Crippen LogP contribution in [0, 0.1) is 17.5 Å². The van der Waals surface area contributed by atoms with Crippen molar-refractivity contribution >= 4 is 21.6 Å². The van der Waals surface area contributed by atoms with Crippen LogP contribution in [0.3, 0.4) is 0 Å². The molecule has 0 atom stereocenters. The lowest BCUT2D eigenvalue weighted by atomic mass is 10.1. The lowest BCUT2D eigenvalue weighted by molar-refractivity contribution is -0.116. The number of hydrogen-bond acceptors (Lipinski definition) is 3. The first-order valence-electron chi connectivity index (χ1n) is 9.32. The van der Waals surface area contributed by atoms with Crippen molar-refractivity contribution in [3.05, 3.63) is 95.3 Å². The van der Waals surface area contributed by atoms with Gasteiger partial charge in [0.2, 0.25) is 15.9 Å². The highest BCUT2D eigenvalue weighted by Crippen LogP contribution is 2.20. The lowest BCUT2D eigenvalue weighted by Gasteiger charge is -2.09. The van der Waals surface area contributed by atoms with Crippen LogP contribution in [-0.4, -0.2) is 14.3 Å². The molecule has 0 saturated heterocycles. The van der Waals surface area contributed by atoms with Crippen LogP contribution in [0.2, 0.25) is 0 Å². The lowest BCUT2D eigenvalue weighted by Crippen LogP contribution is -2.23. The molecule has 31 heavy (non-hydrogen) atoms. The highest BCUT2D eigenvalue weighted by Gasteiger charge is 2.16. The third-order valence-electron chi connectivity index (χ3n) is 4.49.